The second-order valence-corrected chi connectivity index (χ2v) is 7.04. The number of hydrogen-bond donors (Lipinski definition) is 0. The highest BCUT2D eigenvalue weighted by Crippen LogP contribution is 2.31. The van der Waals surface area contributed by atoms with E-state index in [2.05, 4.69) is 54.2 Å². The van der Waals surface area contributed by atoms with Crippen molar-refractivity contribution < 1.29 is 0 Å². The van der Waals surface area contributed by atoms with Crippen LogP contribution in [0.25, 0.3) is 10.1 Å². The zero-order chi connectivity index (χ0) is 15.8. The Bertz CT molecular complexity index is 813. The van der Waals surface area contributed by atoms with E-state index in [4.69, 9.17) is 0 Å². The Labute approximate surface area is 140 Å². The first-order valence-electron chi connectivity index (χ1n) is 8.01. The number of piperazine rings is 1. The van der Waals surface area contributed by atoms with E-state index in [0.29, 0.717) is 0 Å². The summed E-state index contributed by atoms with van der Waals surface area (Å²) in [5.41, 5.74) is 1.37. The van der Waals surface area contributed by atoms with Crippen LogP contribution in [0.1, 0.15) is 11.6 Å². The highest BCUT2D eigenvalue weighted by molar-refractivity contribution is 7.17. The Balaban J connectivity index is 1.45. The van der Waals surface area contributed by atoms with Crippen LogP contribution in [0.4, 0.5) is 5.69 Å². The van der Waals surface area contributed by atoms with Gasteiger partial charge in [0.15, 0.2) is 0 Å². The SMILES string of the molecule is Cc1nnc(CN2CCN(c3cccc4sccc34)CC2)n1C. The van der Waals surface area contributed by atoms with Crippen LogP contribution >= 0.6 is 11.3 Å². The molecule has 4 rings (SSSR count). The summed E-state index contributed by atoms with van der Waals surface area (Å²) in [4.78, 5) is 4.97. The molecular formula is C17H21N5S. The van der Waals surface area contributed by atoms with E-state index in [1.807, 2.05) is 25.3 Å². The predicted octanol–water partition coefficient (Wildman–Crippen LogP) is 2.66. The van der Waals surface area contributed by atoms with E-state index >= 15 is 0 Å². The smallest absolute Gasteiger partial charge is 0.146 e. The fourth-order valence-electron chi connectivity index (χ4n) is 3.19. The van der Waals surface area contributed by atoms with Gasteiger partial charge in [0, 0.05) is 49.0 Å². The Morgan fingerprint density at radius 2 is 1.91 bits per heavy atom. The van der Waals surface area contributed by atoms with Gasteiger partial charge in [0.2, 0.25) is 0 Å². The average molecular weight is 327 g/mol. The van der Waals surface area contributed by atoms with Gasteiger partial charge in [-0.05, 0) is 30.5 Å². The van der Waals surface area contributed by atoms with Gasteiger partial charge in [-0.25, -0.2) is 0 Å². The third-order valence-corrected chi connectivity index (χ3v) is 5.62. The van der Waals surface area contributed by atoms with Crippen molar-refractivity contribution in [2.45, 2.75) is 13.5 Å². The highest BCUT2D eigenvalue weighted by atomic mass is 32.1. The second kappa shape index (κ2) is 5.94. The number of hydrogen-bond acceptors (Lipinski definition) is 5. The molecular weight excluding hydrogens is 306 g/mol. The van der Waals surface area contributed by atoms with Gasteiger partial charge < -0.3 is 9.47 Å². The Kier molecular flexibility index (Phi) is 3.79. The first-order chi connectivity index (χ1) is 11.2. The lowest BCUT2D eigenvalue weighted by Crippen LogP contribution is -2.46. The number of aromatic nitrogens is 3. The summed E-state index contributed by atoms with van der Waals surface area (Å²) in [7, 11) is 2.04. The lowest BCUT2D eigenvalue weighted by atomic mass is 10.2. The van der Waals surface area contributed by atoms with Crippen LogP contribution in [0.15, 0.2) is 29.6 Å². The van der Waals surface area contributed by atoms with Crippen LogP contribution in [-0.4, -0.2) is 45.8 Å². The zero-order valence-corrected chi connectivity index (χ0v) is 14.4. The van der Waals surface area contributed by atoms with Gasteiger partial charge in [-0.1, -0.05) is 6.07 Å². The molecule has 1 fully saturated rings. The number of benzene rings is 1. The molecule has 23 heavy (non-hydrogen) atoms. The van der Waals surface area contributed by atoms with Gasteiger partial charge in [-0.3, -0.25) is 4.90 Å². The molecule has 1 saturated heterocycles. The van der Waals surface area contributed by atoms with Gasteiger partial charge in [-0.15, -0.1) is 21.5 Å². The molecule has 1 aliphatic rings. The van der Waals surface area contributed by atoms with Crippen LogP contribution in [0.3, 0.4) is 0 Å². The van der Waals surface area contributed by atoms with E-state index in [9.17, 15) is 0 Å². The lowest BCUT2D eigenvalue weighted by molar-refractivity contribution is 0.241. The number of fused-ring (bicyclic) bond motifs is 1. The van der Waals surface area contributed by atoms with Crippen LogP contribution in [0, 0.1) is 6.92 Å². The van der Waals surface area contributed by atoms with Gasteiger partial charge in [0.05, 0.1) is 6.54 Å². The number of thiophene rings is 1. The van der Waals surface area contributed by atoms with Gasteiger partial charge in [0.1, 0.15) is 11.6 Å². The maximum atomic E-state index is 4.28. The van der Waals surface area contributed by atoms with Crippen molar-refractivity contribution in [2.75, 3.05) is 31.1 Å². The van der Waals surface area contributed by atoms with E-state index < -0.39 is 0 Å². The summed E-state index contributed by atoms with van der Waals surface area (Å²) in [6, 6.07) is 8.86. The maximum absolute atomic E-state index is 4.28. The maximum Gasteiger partial charge on any atom is 0.146 e. The summed E-state index contributed by atoms with van der Waals surface area (Å²) in [5, 5.41) is 12.0. The molecule has 120 valence electrons. The monoisotopic (exact) mass is 327 g/mol. The van der Waals surface area contributed by atoms with Crippen molar-refractivity contribution >= 4 is 27.1 Å². The van der Waals surface area contributed by atoms with Crippen molar-refractivity contribution in [3.63, 3.8) is 0 Å². The fraction of sp³-hybridized carbons (Fsp3) is 0.412. The molecule has 3 aromatic rings. The number of nitrogens with zero attached hydrogens (tertiary/aromatic N) is 5. The van der Waals surface area contributed by atoms with E-state index in [1.165, 1.54) is 15.8 Å². The number of anilines is 1. The van der Waals surface area contributed by atoms with Crippen molar-refractivity contribution in [3.8, 4) is 0 Å². The van der Waals surface area contributed by atoms with E-state index in [0.717, 1.165) is 44.4 Å². The molecule has 2 aromatic heterocycles. The standard InChI is InChI=1S/C17H21N5S/c1-13-18-19-17(20(13)2)12-21-7-9-22(10-8-21)15-4-3-5-16-14(15)6-11-23-16/h3-6,11H,7-10,12H2,1-2H3. The van der Waals surface area contributed by atoms with E-state index in [-0.39, 0.29) is 0 Å². The Morgan fingerprint density at radius 1 is 1.09 bits per heavy atom. The largest absolute Gasteiger partial charge is 0.368 e. The fourth-order valence-corrected chi connectivity index (χ4v) is 4.00. The molecule has 0 aliphatic carbocycles. The minimum Gasteiger partial charge on any atom is -0.368 e. The minimum absolute atomic E-state index is 0.883. The second-order valence-electron chi connectivity index (χ2n) is 6.10. The molecule has 0 bridgehead atoms. The lowest BCUT2D eigenvalue weighted by Gasteiger charge is -2.36. The molecule has 5 nitrogen and oxygen atoms in total. The zero-order valence-electron chi connectivity index (χ0n) is 13.6. The van der Waals surface area contributed by atoms with Gasteiger partial charge >= 0.3 is 0 Å². The molecule has 1 aliphatic heterocycles. The van der Waals surface area contributed by atoms with Gasteiger partial charge in [-0.2, -0.15) is 0 Å². The third-order valence-electron chi connectivity index (χ3n) is 4.73. The highest BCUT2D eigenvalue weighted by Gasteiger charge is 2.20. The van der Waals surface area contributed by atoms with Crippen molar-refractivity contribution in [2.24, 2.45) is 7.05 Å². The van der Waals surface area contributed by atoms with Crippen LogP contribution in [0.5, 0.6) is 0 Å². The predicted molar refractivity (Wildman–Crippen MR) is 95.1 cm³/mol. The van der Waals surface area contributed by atoms with Crippen LogP contribution < -0.4 is 4.90 Å². The Hall–Kier alpha value is -1.92. The normalized spacial score (nSPS) is 16.3. The number of rotatable bonds is 3. The minimum atomic E-state index is 0.883. The summed E-state index contributed by atoms with van der Waals surface area (Å²) in [5.74, 6) is 2.03. The van der Waals surface area contributed by atoms with Crippen molar-refractivity contribution in [1.82, 2.24) is 19.7 Å². The summed E-state index contributed by atoms with van der Waals surface area (Å²) in [6.45, 7) is 7.13. The molecule has 3 heterocycles. The molecule has 0 spiro atoms. The number of aryl methyl sites for hydroxylation is 1. The molecule has 0 radical (unpaired) electrons. The first-order valence-corrected chi connectivity index (χ1v) is 8.89. The van der Waals surface area contributed by atoms with E-state index in [1.54, 1.807) is 0 Å². The first kappa shape index (κ1) is 14.7. The summed E-state index contributed by atoms with van der Waals surface area (Å²) < 4.78 is 3.46. The van der Waals surface area contributed by atoms with Gasteiger partial charge in [0.25, 0.3) is 0 Å². The summed E-state index contributed by atoms with van der Waals surface area (Å²) in [6.07, 6.45) is 0. The molecule has 0 atom stereocenters. The van der Waals surface area contributed by atoms with Crippen molar-refractivity contribution in [1.29, 1.82) is 0 Å². The molecule has 0 N–H and O–H groups in total. The average Bonchev–Trinajstić information content (AvgIpc) is 3.17. The molecule has 0 amide bonds. The van der Waals surface area contributed by atoms with Crippen molar-refractivity contribution in [3.05, 3.63) is 41.3 Å². The quantitative estimate of drug-likeness (QED) is 0.741. The third kappa shape index (κ3) is 2.72. The molecule has 0 saturated carbocycles. The summed E-state index contributed by atoms with van der Waals surface area (Å²) >= 11 is 1.82. The Morgan fingerprint density at radius 3 is 2.65 bits per heavy atom. The van der Waals surface area contributed by atoms with Crippen LogP contribution in [0.2, 0.25) is 0 Å². The van der Waals surface area contributed by atoms with Crippen LogP contribution in [-0.2, 0) is 13.6 Å². The topological polar surface area (TPSA) is 37.2 Å². The molecule has 1 aromatic carbocycles. The molecule has 0 unspecified atom stereocenters. The molecule has 6 heteroatoms.